The lowest BCUT2D eigenvalue weighted by Gasteiger charge is -2.30. The monoisotopic (exact) mass is 444 g/mol. The number of Topliss-reactive ketones (excluding diaryl/α,β-unsaturated/α-hetero) is 1. The molecular formula is C26H24N2O5. The number of aliphatic hydroxyl groups is 1. The van der Waals surface area contributed by atoms with Gasteiger partial charge in [0.15, 0.2) is 5.78 Å². The van der Waals surface area contributed by atoms with E-state index in [0.717, 1.165) is 22.3 Å². The number of ketones is 1. The second-order valence-corrected chi connectivity index (χ2v) is 8.33. The maximum Gasteiger partial charge on any atom is 0.323 e. The van der Waals surface area contributed by atoms with Crippen molar-refractivity contribution < 1.29 is 24.6 Å². The van der Waals surface area contributed by atoms with Crippen LogP contribution in [0.4, 0.5) is 16.2 Å². The van der Waals surface area contributed by atoms with Gasteiger partial charge < -0.3 is 20.8 Å². The zero-order valence-electron chi connectivity index (χ0n) is 18.1. The average Bonchev–Trinajstić information content (AvgIpc) is 2.76. The molecule has 168 valence electrons. The van der Waals surface area contributed by atoms with Crippen molar-refractivity contribution in [2.75, 3.05) is 10.6 Å². The number of amides is 2. The quantitative estimate of drug-likeness (QED) is 0.458. The highest BCUT2D eigenvalue weighted by Crippen LogP contribution is 2.34. The fourth-order valence-corrected chi connectivity index (χ4v) is 4.09. The van der Waals surface area contributed by atoms with Gasteiger partial charge in [-0.25, -0.2) is 4.79 Å². The molecule has 0 aromatic heterocycles. The van der Waals surface area contributed by atoms with E-state index < -0.39 is 23.8 Å². The molecule has 0 saturated carbocycles. The average molecular weight is 444 g/mol. The predicted octanol–water partition coefficient (Wildman–Crippen LogP) is 4.64. The van der Waals surface area contributed by atoms with Crippen LogP contribution >= 0.6 is 0 Å². The number of hydrogen-bond acceptors (Lipinski definition) is 4. The molecule has 0 saturated heterocycles. The highest BCUT2D eigenvalue weighted by atomic mass is 16.4. The zero-order valence-corrected chi connectivity index (χ0v) is 18.1. The van der Waals surface area contributed by atoms with Gasteiger partial charge in [-0.3, -0.25) is 9.59 Å². The van der Waals surface area contributed by atoms with Crippen LogP contribution in [-0.2, 0) is 11.2 Å². The molecule has 4 N–H and O–H groups in total. The van der Waals surface area contributed by atoms with Crippen LogP contribution in [0.2, 0.25) is 0 Å². The molecule has 1 aliphatic rings. The Bertz CT molecular complexity index is 1240. The number of hydrogen-bond donors (Lipinski definition) is 4. The van der Waals surface area contributed by atoms with Gasteiger partial charge in [-0.15, -0.1) is 0 Å². The minimum atomic E-state index is -1.85. The van der Waals surface area contributed by atoms with Crippen LogP contribution in [0.25, 0.3) is 11.1 Å². The first-order valence-electron chi connectivity index (χ1n) is 10.6. The fourth-order valence-electron chi connectivity index (χ4n) is 4.09. The van der Waals surface area contributed by atoms with Gasteiger partial charge >= 0.3 is 12.0 Å². The Balaban J connectivity index is 1.46. The van der Waals surface area contributed by atoms with Crippen LogP contribution in [-0.4, -0.2) is 33.6 Å². The van der Waals surface area contributed by atoms with E-state index in [4.69, 9.17) is 5.11 Å². The highest BCUT2D eigenvalue weighted by molar-refractivity contribution is 6.06. The standard InChI is InChI=1S/C26H24N2O5/c1-16-3-2-4-21(13-16)28-25(32)27-20-8-5-17(6-9-20)18-7-10-22-19(14-18)11-12-26(33,24(22)31)15-23(29)30/h2-10,13-14,33H,11-12,15H2,1H3,(H,29,30)(H2,27,28,32). The Hall–Kier alpha value is -3.97. The second kappa shape index (κ2) is 8.88. The van der Waals surface area contributed by atoms with Crippen molar-refractivity contribution in [2.45, 2.75) is 31.8 Å². The molecule has 2 amide bonds. The first kappa shape index (κ1) is 22.2. The minimum Gasteiger partial charge on any atom is -0.481 e. The summed E-state index contributed by atoms with van der Waals surface area (Å²) in [5.41, 5.74) is 3.48. The maximum atomic E-state index is 12.7. The number of urea groups is 1. The molecule has 0 heterocycles. The smallest absolute Gasteiger partial charge is 0.323 e. The molecule has 0 bridgehead atoms. The first-order chi connectivity index (χ1) is 15.7. The largest absolute Gasteiger partial charge is 0.481 e. The lowest BCUT2D eigenvalue weighted by molar-refractivity contribution is -0.141. The molecule has 4 rings (SSSR count). The summed E-state index contributed by atoms with van der Waals surface area (Å²) in [6.45, 7) is 1.95. The van der Waals surface area contributed by atoms with E-state index in [1.165, 1.54) is 0 Å². The topological polar surface area (TPSA) is 116 Å². The highest BCUT2D eigenvalue weighted by Gasteiger charge is 2.42. The van der Waals surface area contributed by atoms with Crippen molar-refractivity contribution >= 4 is 29.2 Å². The predicted molar refractivity (Wildman–Crippen MR) is 126 cm³/mol. The molecule has 0 radical (unpaired) electrons. The molecule has 1 aliphatic carbocycles. The second-order valence-electron chi connectivity index (χ2n) is 8.33. The van der Waals surface area contributed by atoms with Crippen molar-refractivity contribution in [1.29, 1.82) is 0 Å². The van der Waals surface area contributed by atoms with E-state index in [2.05, 4.69) is 10.6 Å². The lowest BCUT2D eigenvalue weighted by atomic mass is 9.77. The summed E-state index contributed by atoms with van der Waals surface area (Å²) < 4.78 is 0. The van der Waals surface area contributed by atoms with Crippen LogP contribution in [0.3, 0.4) is 0 Å². The van der Waals surface area contributed by atoms with E-state index in [9.17, 15) is 19.5 Å². The third-order valence-corrected chi connectivity index (χ3v) is 5.78. The molecule has 1 atom stereocenters. The van der Waals surface area contributed by atoms with Gasteiger partial charge in [0.2, 0.25) is 0 Å². The molecule has 7 heteroatoms. The van der Waals surface area contributed by atoms with Gasteiger partial charge in [0.1, 0.15) is 5.60 Å². The number of fused-ring (bicyclic) bond motifs is 1. The number of anilines is 2. The van der Waals surface area contributed by atoms with Gasteiger partial charge in [0.25, 0.3) is 0 Å². The van der Waals surface area contributed by atoms with Gasteiger partial charge in [0.05, 0.1) is 6.42 Å². The number of carbonyl (C=O) groups excluding carboxylic acids is 2. The first-order valence-corrected chi connectivity index (χ1v) is 10.6. The number of aryl methyl sites for hydroxylation is 2. The molecule has 0 spiro atoms. The zero-order chi connectivity index (χ0) is 23.6. The summed E-state index contributed by atoms with van der Waals surface area (Å²) in [6, 6.07) is 19.8. The summed E-state index contributed by atoms with van der Waals surface area (Å²) in [5, 5.41) is 25.1. The van der Waals surface area contributed by atoms with E-state index in [1.807, 2.05) is 49.4 Å². The van der Waals surface area contributed by atoms with Crippen molar-refractivity contribution in [2.24, 2.45) is 0 Å². The van der Waals surface area contributed by atoms with Gasteiger partial charge in [-0.05, 0) is 66.3 Å². The molecule has 0 aliphatic heterocycles. The summed E-state index contributed by atoms with van der Waals surface area (Å²) >= 11 is 0. The Morgan fingerprint density at radius 1 is 0.939 bits per heavy atom. The fraction of sp³-hybridized carbons (Fsp3) is 0.192. The van der Waals surface area contributed by atoms with E-state index >= 15 is 0 Å². The van der Waals surface area contributed by atoms with Crippen molar-refractivity contribution in [1.82, 2.24) is 0 Å². The Morgan fingerprint density at radius 3 is 2.33 bits per heavy atom. The van der Waals surface area contributed by atoms with Crippen LogP contribution in [0.5, 0.6) is 0 Å². The normalized spacial score (nSPS) is 17.2. The van der Waals surface area contributed by atoms with Gasteiger partial charge in [-0.1, -0.05) is 42.5 Å². The molecule has 33 heavy (non-hydrogen) atoms. The van der Waals surface area contributed by atoms with Crippen molar-refractivity contribution in [3.05, 3.63) is 83.4 Å². The SMILES string of the molecule is Cc1cccc(NC(=O)Nc2ccc(-c3ccc4c(c3)CCC(O)(CC(=O)O)C4=O)cc2)c1. The number of rotatable bonds is 5. The summed E-state index contributed by atoms with van der Waals surface area (Å²) in [4.78, 5) is 35.9. The van der Waals surface area contributed by atoms with E-state index in [1.54, 1.807) is 24.3 Å². The molecule has 1 unspecified atom stereocenters. The van der Waals surface area contributed by atoms with Crippen LogP contribution in [0, 0.1) is 6.92 Å². The molecular weight excluding hydrogens is 420 g/mol. The number of aliphatic carboxylic acids is 1. The number of nitrogens with one attached hydrogen (secondary N) is 2. The Labute approximate surface area is 191 Å². The molecule has 3 aromatic carbocycles. The molecule has 3 aromatic rings. The van der Waals surface area contributed by atoms with Gasteiger partial charge in [0, 0.05) is 16.9 Å². The number of carbonyl (C=O) groups is 3. The van der Waals surface area contributed by atoms with Crippen LogP contribution < -0.4 is 10.6 Å². The lowest BCUT2D eigenvalue weighted by Crippen LogP contribution is -2.44. The van der Waals surface area contributed by atoms with Crippen LogP contribution in [0.15, 0.2) is 66.7 Å². The molecule has 7 nitrogen and oxygen atoms in total. The number of carboxylic acid groups (broad SMARTS) is 1. The third-order valence-electron chi connectivity index (χ3n) is 5.78. The van der Waals surface area contributed by atoms with E-state index in [-0.39, 0.29) is 12.5 Å². The minimum absolute atomic E-state index is 0.0769. The third kappa shape index (κ3) is 4.94. The number of benzene rings is 3. The van der Waals surface area contributed by atoms with Crippen molar-refractivity contribution in [3.8, 4) is 11.1 Å². The van der Waals surface area contributed by atoms with E-state index in [0.29, 0.717) is 23.4 Å². The molecule has 0 fully saturated rings. The Morgan fingerprint density at radius 2 is 1.64 bits per heavy atom. The maximum absolute atomic E-state index is 12.7. The summed E-state index contributed by atoms with van der Waals surface area (Å²) in [7, 11) is 0. The summed E-state index contributed by atoms with van der Waals surface area (Å²) in [5.74, 6) is -1.75. The Kier molecular flexibility index (Phi) is 5.98. The van der Waals surface area contributed by atoms with Crippen LogP contribution in [0.1, 0.15) is 34.3 Å². The number of carboxylic acids is 1. The summed E-state index contributed by atoms with van der Waals surface area (Å²) in [6.07, 6.45) is -0.107. The van der Waals surface area contributed by atoms with Crippen molar-refractivity contribution in [3.63, 3.8) is 0 Å². The van der Waals surface area contributed by atoms with Gasteiger partial charge in [-0.2, -0.15) is 0 Å².